The van der Waals surface area contributed by atoms with E-state index in [1.54, 1.807) is 14.2 Å². The lowest BCUT2D eigenvalue weighted by atomic mass is 9.74. The molecule has 298 valence electrons. The highest BCUT2D eigenvalue weighted by molar-refractivity contribution is 9.10. The molecule has 4 aliphatic rings. The molecule has 0 spiro atoms. The molecule has 56 heavy (non-hydrogen) atoms. The largest absolute Gasteiger partial charge is 0.385 e. The molecule has 0 radical (unpaired) electrons. The minimum Gasteiger partial charge on any atom is -0.385 e. The molecule has 0 amide bonds. The van der Waals surface area contributed by atoms with Crippen LogP contribution in [-0.2, 0) is 35.2 Å². The molecule has 2 saturated heterocycles. The highest BCUT2D eigenvalue weighted by atomic mass is 79.9. The third-order valence-corrected chi connectivity index (χ3v) is 13.4. The smallest absolute Gasteiger partial charge is 0.0740 e. The third-order valence-electron chi connectivity index (χ3n) is 12.1. The predicted molar refractivity (Wildman–Crippen MR) is 237 cm³/mol. The molecule has 2 aliphatic carbocycles. The lowest BCUT2D eigenvalue weighted by molar-refractivity contribution is 0.181. The van der Waals surface area contributed by atoms with Crippen LogP contribution in [-0.4, -0.2) is 62.6 Å². The van der Waals surface area contributed by atoms with Crippen LogP contribution in [0.3, 0.4) is 0 Å². The Labute approximate surface area is 360 Å². The van der Waals surface area contributed by atoms with Crippen molar-refractivity contribution in [2.24, 2.45) is 5.92 Å². The monoisotopic (exact) mass is 922 g/mol. The van der Waals surface area contributed by atoms with E-state index < -0.39 is 0 Å². The Morgan fingerprint density at radius 2 is 1.36 bits per heavy atom. The molecule has 2 N–H and O–H groups in total. The number of aryl methyl sites for hydroxylation is 4. The van der Waals surface area contributed by atoms with Crippen molar-refractivity contribution in [1.29, 1.82) is 0 Å². The number of aromatic nitrogens is 2. The van der Waals surface area contributed by atoms with Crippen molar-refractivity contribution in [3.8, 4) is 0 Å². The molecule has 4 atom stereocenters. The molecule has 6 nitrogen and oxygen atoms in total. The highest BCUT2D eigenvalue weighted by Gasteiger charge is 2.35. The summed E-state index contributed by atoms with van der Waals surface area (Å²) in [7, 11) is 3.56. The number of ether oxygens (including phenoxy) is 2. The van der Waals surface area contributed by atoms with E-state index in [0.717, 1.165) is 109 Å². The van der Waals surface area contributed by atoms with E-state index in [-0.39, 0.29) is 0 Å². The van der Waals surface area contributed by atoms with Crippen LogP contribution in [0.5, 0.6) is 0 Å². The van der Waals surface area contributed by atoms with Crippen molar-refractivity contribution >= 4 is 60.6 Å². The number of benzene rings is 2. The maximum absolute atomic E-state index is 6.35. The van der Waals surface area contributed by atoms with Gasteiger partial charge < -0.3 is 20.1 Å². The summed E-state index contributed by atoms with van der Waals surface area (Å²) in [4.78, 5) is 9.82. The molecule has 2 aliphatic heterocycles. The van der Waals surface area contributed by atoms with Crippen molar-refractivity contribution in [1.82, 2.24) is 20.6 Å². The Morgan fingerprint density at radius 1 is 0.714 bits per heavy atom. The van der Waals surface area contributed by atoms with E-state index >= 15 is 0 Å². The third kappa shape index (κ3) is 10.3. The normalized spacial score (nSPS) is 23.0. The Morgan fingerprint density at radius 3 is 2.14 bits per heavy atom. The summed E-state index contributed by atoms with van der Waals surface area (Å²) < 4.78 is 12.6. The summed E-state index contributed by atoms with van der Waals surface area (Å²) in [6, 6.07) is 18.4. The number of halogens is 4. The number of piperidine rings is 2. The van der Waals surface area contributed by atoms with Crippen molar-refractivity contribution in [2.75, 3.05) is 40.5 Å². The minimum absolute atomic E-state index is 0.352. The van der Waals surface area contributed by atoms with Crippen LogP contribution in [0.15, 0.2) is 75.4 Å². The summed E-state index contributed by atoms with van der Waals surface area (Å²) in [5.41, 5.74) is 13.4. The quantitative estimate of drug-likeness (QED) is 0.163. The van der Waals surface area contributed by atoms with E-state index in [1.807, 2.05) is 24.5 Å². The van der Waals surface area contributed by atoms with Crippen LogP contribution in [0.2, 0.25) is 10.0 Å². The van der Waals surface area contributed by atoms with Crippen molar-refractivity contribution in [3.05, 3.63) is 130 Å². The van der Waals surface area contributed by atoms with E-state index in [0.29, 0.717) is 23.9 Å². The maximum Gasteiger partial charge on any atom is 0.0740 e. The highest BCUT2D eigenvalue weighted by Crippen LogP contribution is 2.44. The predicted octanol–water partition coefficient (Wildman–Crippen LogP) is 11.1. The van der Waals surface area contributed by atoms with Crippen LogP contribution in [0.4, 0.5) is 0 Å². The summed E-state index contributed by atoms with van der Waals surface area (Å²) >= 11 is 19.9. The average Bonchev–Trinajstić information content (AvgIpc) is 3.45. The first-order valence-corrected chi connectivity index (χ1v) is 22.7. The summed E-state index contributed by atoms with van der Waals surface area (Å²) in [6.45, 7) is 3.76. The van der Waals surface area contributed by atoms with Gasteiger partial charge in [0.05, 0.1) is 11.4 Å². The number of nitrogens with zero attached hydrogens (tertiary/aromatic N) is 2. The van der Waals surface area contributed by atoms with E-state index in [2.05, 4.69) is 78.9 Å². The van der Waals surface area contributed by atoms with Gasteiger partial charge in [-0.25, -0.2) is 0 Å². The number of fused-ring (bicyclic) bond motifs is 4. The molecule has 2 aromatic carbocycles. The Balaban J connectivity index is 0.000000172. The first kappa shape index (κ1) is 42.0. The van der Waals surface area contributed by atoms with E-state index in [1.165, 1.54) is 69.5 Å². The molecule has 2 fully saturated rings. The molecule has 2 aromatic heterocycles. The number of methoxy groups -OCH3 is 2. The van der Waals surface area contributed by atoms with Crippen molar-refractivity contribution in [2.45, 2.75) is 95.1 Å². The van der Waals surface area contributed by atoms with Gasteiger partial charge in [0, 0.05) is 82.4 Å². The molecule has 0 saturated carbocycles. The molecule has 0 bridgehead atoms. The van der Waals surface area contributed by atoms with E-state index in [4.69, 9.17) is 42.6 Å². The topological polar surface area (TPSA) is 68.3 Å². The SMILES string of the molecule is COCCC[C@H]1C/C(=C2/c3ccc(Cl)cc3CCc3cc(Br)cnc32)CCN1.COCCC[C@H]1CC(C2c3ccc(Cl)cc3CCc3cc(Br)cnc32)CCN1. The second-order valence-electron chi connectivity index (χ2n) is 15.8. The summed E-state index contributed by atoms with van der Waals surface area (Å²) in [6.07, 6.45) is 16.9. The van der Waals surface area contributed by atoms with Gasteiger partial charge in [0.1, 0.15) is 0 Å². The molecule has 4 heterocycles. The van der Waals surface area contributed by atoms with Crippen LogP contribution in [0.1, 0.15) is 102 Å². The molecule has 2 unspecified atom stereocenters. The fourth-order valence-corrected chi connectivity index (χ4v) is 10.6. The van der Waals surface area contributed by atoms with Gasteiger partial charge >= 0.3 is 0 Å². The van der Waals surface area contributed by atoms with Crippen LogP contribution in [0.25, 0.3) is 5.57 Å². The number of hydrogen-bond acceptors (Lipinski definition) is 6. The fourth-order valence-electron chi connectivity index (χ4n) is 9.47. The van der Waals surface area contributed by atoms with Gasteiger partial charge in [-0.2, -0.15) is 0 Å². The van der Waals surface area contributed by atoms with Gasteiger partial charge in [0.25, 0.3) is 0 Å². The zero-order valence-corrected chi connectivity index (χ0v) is 37.3. The standard InChI is InChI=1S/C23H28BrClN2O.C23H26BrClN2O/c2*1-28-10-2-3-20-13-16(8-9-26-20)22-21-7-6-19(25)12-15(21)4-5-17-11-18(24)14-27-23(17)22/h6-7,11-12,14,16,20,22,26H,2-5,8-10,13H2,1H3;6-7,11-12,14,20,26H,2-5,8-10,13H2,1H3/b;22-16-/t16?,20-,22?;20-/m00/s1. The van der Waals surface area contributed by atoms with Gasteiger partial charge in [0.15, 0.2) is 0 Å². The lowest BCUT2D eigenvalue weighted by Crippen LogP contribution is -2.40. The number of hydrogen-bond donors (Lipinski definition) is 2. The van der Waals surface area contributed by atoms with Crippen molar-refractivity contribution in [3.63, 3.8) is 0 Å². The Kier molecular flexibility index (Phi) is 15.2. The first-order valence-electron chi connectivity index (χ1n) is 20.3. The first-order chi connectivity index (χ1) is 27.3. The zero-order chi connectivity index (χ0) is 39.0. The second-order valence-corrected chi connectivity index (χ2v) is 18.5. The Hall–Kier alpha value is -2.14. The van der Waals surface area contributed by atoms with Crippen LogP contribution in [0, 0.1) is 5.92 Å². The van der Waals surface area contributed by atoms with Crippen LogP contribution >= 0.6 is 55.1 Å². The fraction of sp³-hybridized carbons (Fsp3) is 0.478. The van der Waals surface area contributed by atoms with Gasteiger partial charge in [-0.1, -0.05) is 40.9 Å². The Bertz CT molecular complexity index is 1900. The molecule has 4 aromatic rings. The molecular weight excluding hydrogens is 871 g/mol. The van der Waals surface area contributed by atoms with Crippen LogP contribution < -0.4 is 10.6 Å². The van der Waals surface area contributed by atoms with Gasteiger partial charge in [-0.15, -0.1) is 0 Å². The average molecular weight is 926 g/mol. The summed E-state index contributed by atoms with van der Waals surface area (Å²) in [5.74, 6) is 0.948. The number of nitrogens with one attached hydrogen (secondary N) is 2. The minimum atomic E-state index is 0.352. The van der Waals surface area contributed by atoms with Gasteiger partial charge in [-0.05, 0) is 198 Å². The number of pyridine rings is 2. The van der Waals surface area contributed by atoms with Gasteiger partial charge in [0.2, 0.25) is 0 Å². The van der Waals surface area contributed by atoms with Crippen molar-refractivity contribution < 1.29 is 9.47 Å². The lowest BCUT2D eigenvalue weighted by Gasteiger charge is -2.36. The second kappa shape index (κ2) is 20.2. The summed E-state index contributed by atoms with van der Waals surface area (Å²) in [5, 5.41) is 9.06. The van der Waals surface area contributed by atoms with Gasteiger partial charge in [-0.3, -0.25) is 9.97 Å². The maximum atomic E-state index is 6.35. The zero-order valence-electron chi connectivity index (χ0n) is 32.6. The number of rotatable bonds is 9. The molecule has 8 rings (SSSR count). The molecule has 10 heteroatoms. The molecular formula is C46H54Br2Cl2N4O2. The van der Waals surface area contributed by atoms with E-state index in [9.17, 15) is 0 Å².